The molecule has 0 bridgehead atoms. The van der Waals surface area contributed by atoms with Gasteiger partial charge in [0, 0.05) is 11.7 Å². The molecule has 2 aromatic carbocycles. The summed E-state index contributed by atoms with van der Waals surface area (Å²) in [5.41, 5.74) is 6.01. The number of hydrogen-bond acceptors (Lipinski definition) is 4. The maximum absolute atomic E-state index is 12.4. The number of anilines is 1. The van der Waals surface area contributed by atoms with Crippen molar-refractivity contribution in [2.75, 3.05) is 4.72 Å². The van der Waals surface area contributed by atoms with Crippen molar-refractivity contribution in [3.8, 4) is 5.75 Å². The molecule has 0 aliphatic rings. The molecule has 0 aliphatic carbocycles. The zero-order valence-corrected chi connectivity index (χ0v) is 12.6. The number of sulfonamides is 1. The van der Waals surface area contributed by atoms with E-state index in [-0.39, 0.29) is 16.2 Å². The molecule has 0 radical (unpaired) electrons. The predicted octanol–water partition coefficient (Wildman–Crippen LogP) is 1.77. The number of aromatic amines is 1. The SMILES string of the molecule is NC(=O)c1cc(S(=O)(=O)Nc2ccc3cc[nH]c3c2)ccc1O. The predicted molar refractivity (Wildman–Crippen MR) is 85.7 cm³/mol. The number of hydrogen-bond donors (Lipinski definition) is 4. The first-order valence-electron chi connectivity index (χ1n) is 6.59. The summed E-state index contributed by atoms with van der Waals surface area (Å²) >= 11 is 0. The molecule has 0 unspecified atom stereocenters. The molecule has 0 atom stereocenters. The quantitative estimate of drug-likeness (QED) is 0.581. The molecule has 7 nitrogen and oxygen atoms in total. The molecule has 1 heterocycles. The van der Waals surface area contributed by atoms with Crippen molar-refractivity contribution in [2.24, 2.45) is 5.73 Å². The number of carbonyl (C=O) groups excluding carboxylic acids is 1. The van der Waals surface area contributed by atoms with E-state index in [1.54, 1.807) is 24.4 Å². The third-order valence-corrected chi connectivity index (χ3v) is 4.73. The van der Waals surface area contributed by atoms with Crippen molar-refractivity contribution in [1.29, 1.82) is 0 Å². The Morgan fingerprint density at radius 2 is 1.91 bits per heavy atom. The standard InChI is InChI=1S/C15H13N3O4S/c16-15(20)12-8-11(3-4-14(12)19)23(21,22)18-10-2-1-9-5-6-17-13(9)7-10/h1-8,17-19H,(H2,16,20). The number of nitrogens with one attached hydrogen (secondary N) is 2. The topological polar surface area (TPSA) is 125 Å². The van der Waals surface area contributed by atoms with Crippen molar-refractivity contribution in [1.82, 2.24) is 4.98 Å². The van der Waals surface area contributed by atoms with Gasteiger partial charge in [-0.2, -0.15) is 0 Å². The van der Waals surface area contributed by atoms with Crippen LogP contribution in [0, 0.1) is 0 Å². The van der Waals surface area contributed by atoms with Crippen molar-refractivity contribution >= 4 is 32.5 Å². The third kappa shape index (κ3) is 2.84. The van der Waals surface area contributed by atoms with E-state index in [1.807, 2.05) is 6.07 Å². The van der Waals surface area contributed by atoms with Crippen molar-refractivity contribution < 1.29 is 18.3 Å². The first-order valence-corrected chi connectivity index (χ1v) is 8.08. The Morgan fingerprint density at radius 3 is 2.65 bits per heavy atom. The van der Waals surface area contributed by atoms with Gasteiger partial charge in [-0.3, -0.25) is 9.52 Å². The fraction of sp³-hybridized carbons (Fsp3) is 0. The van der Waals surface area contributed by atoms with Crippen molar-refractivity contribution in [2.45, 2.75) is 4.90 Å². The van der Waals surface area contributed by atoms with Gasteiger partial charge in [-0.15, -0.1) is 0 Å². The second kappa shape index (κ2) is 5.33. The van der Waals surface area contributed by atoms with Crippen LogP contribution in [0.3, 0.4) is 0 Å². The molecule has 0 aliphatic heterocycles. The molecule has 23 heavy (non-hydrogen) atoms. The number of H-pyrrole nitrogens is 1. The molecule has 1 amide bonds. The Morgan fingerprint density at radius 1 is 1.13 bits per heavy atom. The average Bonchev–Trinajstić information content (AvgIpc) is 2.94. The Kier molecular flexibility index (Phi) is 3.45. The first kappa shape index (κ1) is 14.9. The molecule has 0 saturated carbocycles. The van der Waals surface area contributed by atoms with E-state index in [1.165, 1.54) is 6.07 Å². The maximum Gasteiger partial charge on any atom is 0.261 e. The van der Waals surface area contributed by atoms with Crippen LogP contribution in [0.15, 0.2) is 53.6 Å². The number of benzene rings is 2. The van der Waals surface area contributed by atoms with Crippen LogP contribution in [0.2, 0.25) is 0 Å². The van der Waals surface area contributed by atoms with Crippen molar-refractivity contribution in [3.05, 3.63) is 54.2 Å². The van der Waals surface area contributed by atoms with E-state index in [0.717, 1.165) is 23.0 Å². The van der Waals surface area contributed by atoms with Crippen LogP contribution >= 0.6 is 0 Å². The molecule has 5 N–H and O–H groups in total. The Balaban J connectivity index is 1.98. The maximum atomic E-state index is 12.4. The van der Waals surface area contributed by atoms with Crippen molar-refractivity contribution in [3.63, 3.8) is 0 Å². The molecule has 8 heteroatoms. The second-order valence-corrected chi connectivity index (χ2v) is 6.61. The summed E-state index contributed by atoms with van der Waals surface area (Å²) in [6.07, 6.45) is 1.75. The van der Waals surface area contributed by atoms with Crippen LogP contribution in [-0.2, 0) is 10.0 Å². The van der Waals surface area contributed by atoms with Crippen LogP contribution in [0.1, 0.15) is 10.4 Å². The highest BCUT2D eigenvalue weighted by Crippen LogP contribution is 2.24. The smallest absolute Gasteiger partial charge is 0.261 e. The monoisotopic (exact) mass is 331 g/mol. The normalized spacial score (nSPS) is 11.5. The molecule has 3 aromatic rings. The number of fused-ring (bicyclic) bond motifs is 1. The number of nitrogens with two attached hydrogens (primary N) is 1. The molecular weight excluding hydrogens is 318 g/mol. The Hall–Kier alpha value is -3.00. The summed E-state index contributed by atoms with van der Waals surface area (Å²) in [6, 6.07) is 10.3. The molecule has 1 aromatic heterocycles. The molecular formula is C15H13N3O4S. The second-order valence-electron chi connectivity index (χ2n) is 4.93. The van der Waals surface area contributed by atoms with Gasteiger partial charge in [0.25, 0.3) is 15.9 Å². The van der Waals surface area contributed by atoms with Crippen LogP contribution in [0.4, 0.5) is 5.69 Å². The van der Waals surface area contributed by atoms with Crippen LogP contribution in [0.25, 0.3) is 10.9 Å². The number of aromatic hydroxyl groups is 1. The molecule has 0 saturated heterocycles. The Bertz CT molecular complexity index is 1010. The van der Waals surface area contributed by atoms with E-state index in [9.17, 15) is 18.3 Å². The third-order valence-electron chi connectivity index (χ3n) is 3.35. The molecule has 3 rings (SSSR count). The van der Waals surface area contributed by atoms with Gasteiger partial charge in [-0.05, 0) is 41.8 Å². The van der Waals surface area contributed by atoms with E-state index < -0.39 is 15.9 Å². The number of carbonyl (C=O) groups is 1. The number of amides is 1. The van der Waals surface area contributed by atoms with Crippen LogP contribution in [0.5, 0.6) is 5.75 Å². The van der Waals surface area contributed by atoms with Gasteiger partial charge in [0.05, 0.1) is 16.1 Å². The fourth-order valence-corrected chi connectivity index (χ4v) is 3.28. The lowest BCUT2D eigenvalue weighted by Gasteiger charge is -2.10. The molecule has 0 spiro atoms. The largest absolute Gasteiger partial charge is 0.507 e. The van der Waals surface area contributed by atoms with Gasteiger partial charge in [-0.1, -0.05) is 6.07 Å². The lowest BCUT2D eigenvalue weighted by Crippen LogP contribution is -2.16. The lowest BCUT2D eigenvalue weighted by atomic mass is 10.2. The van der Waals surface area contributed by atoms with E-state index in [0.29, 0.717) is 5.69 Å². The fourth-order valence-electron chi connectivity index (χ4n) is 2.21. The minimum Gasteiger partial charge on any atom is -0.507 e. The number of aromatic nitrogens is 1. The van der Waals surface area contributed by atoms with Gasteiger partial charge in [0.1, 0.15) is 5.75 Å². The van der Waals surface area contributed by atoms with Gasteiger partial charge in [0.15, 0.2) is 0 Å². The summed E-state index contributed by atoms with van der Waals surface area (Å²) < 4.78 is 27.2. The van der Waals surface area contributed by atoms with Gasteiger partial charge < -0.3 is 15.8 Å². The Labute approximate surface area is 131 Å². The molecule has 118 valence electrons. The summed E-state index contributed by atoms with van der Waals surface area (Å²) in [5.74, 6) is -1.28. The van der Waals surface area contributed by atoms with Gasteiger partial charge in [-0.25, -0.2) is 8.42 Å². The highest BCUT2D eigenvalue weighted by atomic mass is 32.2. The zero-order valence-electron chi connectivity index (χ0n) is 11.8. The summed E-state index contributed by atoms with van der Waals surface area (Å²) in [6.45, 7) is 0. The van der Waals surface area contributed by atoms with E-state index >= 15 is 0 Å². The van der Waals surface area contributed by atoms with Crippen LogP contribution in [-0.4, -0.2) is 24.4 Å². The number of primary amides is 1. The highest BCUT2D eigenvalue weighted by molar-refractivity contribution is 7.92. The van der Waals surface area contributed by atoms with Gasteiger partial charge in [0.2, 0.25) is 0 Å². The summed E-state index contributed by atoms with van der Waals surface area (Å²) in [5, 5.41) is 10.5. The average molecular weight is 331 g/mol. The number of phenols is 1. The first-order chi connectivity index (χ1) is 10.9. The van der Waals surface area contributed by atoms with Crippen LogP contribution < -0.4 is 10.5 Å². The van der Waals surface area contributed by atoms with E-state index in [2.05, 4.69) is 9.71 Å². The summed E-state index contributed by atoms with van der Waals surface area (Å²) in [4.78, 5) is 14.0. The lowest BCUT2D eigenvalue weighted by molar-refractivity contribution is 0.0997. The minimum atomic E-state index is -3.92. The molecule has 0 fully saturated rings. The zero-order chi connectivity index (χ0) is 16.6. The summed E-state index contributed by atoms with van der Waals surface area (Å²) in [7, 11) is -3.92. The number of rotatable bonds is 4. The van der Waals surface area contributed by atoms with Gasteiger partial charge >= 0.3 is 0 Å². The highest BCUT2D eigenvalue weighted by Gasteiger charge is 2.18. The minimum absolute atomic E-state index is 0.171. The van der Waals surface area contributed by atoms with E-state index in [4.69, 9.17) is 5.73 Å².